The van der Waals surface area contributed by atoms with Gasteiger partial charge in [-0.3, -0.25) is 9.59 Å². The molecule has 0 spiro atoms. The molecule has 3 aromatic rings. The second-order valence-electron chi connectivity index (χ2n) is 9.11. The van der Waals surface area contributed by atoms with E-state index in [9.17, 15) is 14.4 Å². The molecule has 4 rings (SSSR count). The Hall–Kier alpha value is -3.55. The highest BCUT2D eigenvalue weighted by atomic mass is 35.5. The molecule has 0 fully saturated rings. The van der Waals surface area contributed by atoms with Crippen molar-refractivity contribution < 1.29 is 19.1 Å². The van der Waals surface area contributed by atoms with E-state index >= 15 is 0 Å². The Labute approximate surface area is 225 Å². The highest BCUT2D eigenvalue weighted by Gasteiger charge is 2.40. The number of carbonyl (C=O) groups is 3. The first-order valence-electron chi connectivity index (χ1n) is 11.9. The van der Waals surface area contributed by atoms with Crippen molar-refractivity contribution >= 4 is 52.5 Å². The standard InChI is InChI=1S/C29H27ClN2O4S/c1-17(2)19-5-11-22(12-6-19)31-25-26(37-24-15-9-21(30)10-16-24)28(34)32(27(25)33)23-13-7-20(8-14-23)29(35)36-18(3)4/h5-18,31H,1-4H3. The van der Waals surface area contributed by atoms with E-state index < -0.39 is 17.8 Å². The molecular weight excluding hydrogens is 508 g/mol. The third-order valence-corrected chi connectivity index (χ3v) is 6.97. The lowest BCUT2D eigenvalue weighted by Gasteiger charge is -2.16. The van der Waals surface area contributed by atoms with Crippen LogP contribution in [0.4, 0.5) is 11.4 Å². The first kappa shape index (κ1) is 26.5. The molecule has 1 aliphatic heterocycles. The number of hydrogen-bond acceptors (Lipinski definition) is 6. The summed E-state index contributed by atoms with van der Waals surface area (Å²) in [6.45, 7) is 7.75. The Kier molecular flexibility index (Phi) is 8.05. The van der Waals surface area contributed by atoms with Crippen molar-refractivity contribution in [2.75, 3.05) is 10.2 Å². The molecule has 0 unspecified atom stereocenters. The van der Waals surface area contributed by atoms with Crippen LogP contribution in [0.25, 0.3) is 0 Å². The smallest absolute Gasteiger partial charge is 0.338 e. The maximum absolute atomic E-state index is 13.6. The summed E-state index contributed by atoms with van der Waals surface area (Å²) in [5.41, 5.74) is 2.75. The number of carbonyl (C=O) groups excluding carboxylic acids is 3. The SMILES string of the molecule is CC(C)OC(=O)c1ccc(N2C(=O)C(Nc3ccc(C(C)C)cc3)=C(Sc3ccc(Cl)cc3)C2=O)cc1. The molecule has 1 aliphatic rings. The van der Waals surface area contributed by atoms with Crippen LogP contribution in [-0.4, -0.2) is 23.9 Å². The molecule has 3 aromatic carbocycles. The molecule has 1 heterocycles. The monoisotopic (exact) mass is 534 g/mol. The zero-order valence-electron chi connectivity index (χ0n) is 20.9. The van der Waals surface area contributed by atoms with Gasteiger partial charge in [-0.15, -0.1) is 0 Å². The molecule has 0 aliphatic carbocycles. The van der Waals surface area contributed by atoms with Gasteiger partial charge >= 0.3 is 5.97 Å². The van der Waals surface area contributed by atoms with E-state index in [2.05, 4.69) is 19.2 Å². The van der Waals surface area contributed by atoms with Gasteiger partial charge in [0, 0.05) is 15.6 Å². The van der Waals surface area contributed by atoms with Crippen molar-refractivity contribution in [3.05, 3.63) is 99.5 Å². The van der Waals surface area contributed by atoms with Crippen LogP contribution < -0.4 is 10.2 Å². The van der Waals surface area contributed by atoms with Crippen LogP contribution in [0.5, 0.6) is 0 Å². The number of benzene rings is 3. The minimum Gasteiger partial charge on any atom is -0.459 e. The predicted octanol–water partition coefficient (Wildman–Crippen LogP) is 7.02. The first-order chi connectivity index (χ1) is 17.6. The molecule has 0 aromatic heterocycles. The summed E-state index contributed by atoms with van der Waals surface area (Å²) in [4.78, 5) is 41.5. The first-order valence-corrected chi connectivity index (χ1v) is 13.1. The minimum absolute atomic E-state index is 0.186. The Morgan fingerprint density at radius 3 is 2.05 bits per heavy atom. The van der Waals surface area contributed by atoms with Crippen LogP contribution in [0.2, 0.25) is 5.02 Å². The number of hydrogen-bond donors (Lipinski definition) is 1. The number of nitrogens with one attached hydrogen (secondary N) is 1. The molecule has 0 radical (unpaired) electrons. The summed E-state index contributed by atoms with van der Waals surface area (Å²) in [7, 11) is 0. The Morgan fingerprint density at radius 1 is 0.865 bits per heavy atom. The zero-order valence-corrected chi connectivity index (χ0v) is 22.5. The van der Waals surface area contributed by atoms with Gasteiger partial charge in [-0.1, -0.05) is 49.3 Å². The Balaban J connectivity index is 1.66. The maximum Gasteiger partial charge on any atom is 0.338 e. The second-order valence-corrected chi connectivity index (χ2v) is 10.6. The van der Waals surface area contributed by atoms with Gasteiger partial charge in [0.25, 0.3) is 11.8 Å². The van der Waals surface area contributed by atoms with Crippen LogP contribution in [0, 0.1) is 0 Å². The van der Waals surface area contributed by atoms with Crippen LogP contribution in [0.3, 0.4) is 0 Å². The average Bonchev–Trinajstić information content (AvgIpc) is 3.09. The molecule has 0 atom stereocenters. The largest absolute Gasteiger partial charge is 0.459 e. The topological polar surface area (TPSA) is 75.7 Å². The molecule has 37 heavy (non-hydrogen) atoms. The maximum atomic E-state index is 13.6. The van der Waals surface area contributed by atoms with Crippen LogP contribution in [0.1, 0.15) is 49.5 Å². The van der Waals surface area contributed by atoms with Gasteiger partial charge in [-0.25, -0.2) is 9.69 Å². The van der Waals surface area contributed by atoms with Gasteiger partial charge in [-0.2, -0.15) is 0 Å². The highest BCUT2D eigenvalue weighted by Crippen LogP contribution is 2.38. The van der Waals surface area contributed by atoms with Crippen LogP contribution in [0.15, 0.2) is 88.3 Å². The van der Waals surface area contributed by atoms with E-state index in [4.69, 9.17) is 16.3 Å². The quantitative estimate of drug-likeness (QED) is 0.247. The lowest BCUT2D eigenvalue weighted by Crippen LogP contribution is -2.32. The van der Waals surface area contributed by atoms with Crippen molar-refractivity contribution in [3.63, 3.8) is 0 Å². The lowest BCUT2D eigenvalue weighted by molar-refractivity contribution is -0.120. The van der Waals surface area contributed by atoms with Crippen LogP contribution >= 0.6 is 23.4 Å². The number of esters is 1. The molecule has 1 N–H and O–H groups in total. The van der Waals surface area contributed by atoms with E-state index in [1.807, 2.05) is 24.3 Å². The summed E-state index contributed by atoms with van der Waals surface area (Å²) >= 11 is 7.21. The molecule has 6 nitrogen and oxygen atoms in total. The average molecular weight is 535 g/mol. The summed E-state index contributed by atoms with van der Waals surface area (Å²) in [5, 5.41) is 3.74. The molecule has 0 saturated carbocycles. The van der Waals surface area contributed by atoms with Gasteiger partial charge in [0.15, 0.2) is 0 Å². The number of anilines is 2. The van der Waals surface area contributed by atoms with E-state index in [1.54, 1.807) is 62.4 Å². The number of rotatable bonds is 8. The number of halogens is 1. The second kappa shape index (κ2) is 11.2. The molecule has 0 bridgehead atoms. The van der Waals surface area contributed by atoms with Gasteiger partial charge in [0.2, 0.25) is 0 Å². The van der Waals surface area contributed by atoms with Crippen molar-refractivity contribution in [2.24, 2.45) is 0 Å². The fraction of sp³-hybridized carbons (Fsp3) is 0.207. The lowest BCUT2D eigenvalue weighted by atomic mass is 10.0. The van der Waals surface area contributed by atoms with Crippen molar-refractivity contribution in [1.29, 1.82) is 0 Å². The van der Waals surface area contributed by atoms with Crippen molar-refractivity contribution in [2.45, 2.75) is 44.6 Å². The Morgan fingerprint density at radius 2 is 1.49 bits per heavy atom. The molecule has 2 amide bonds. The summed E-state index contributed by atoms with van der Waals surface area (Å²) in [6, 6.07) is 21.0. The fourth-order valence-corrected chi connectivity index (χ4v) is 4.75. The van der Waals surface area contributed by atoms with E-state index in [1.165, 1.54) is 17.3 Å². The van der Waals surface area contributed by atoms with E-state index in [-0.39, 0.29) is 16.7 Å². The van der Waals surface area contributed by atoms with Gasteiger partial charge in [0.1, 0.15) is 10.6 Å². The number of amides is 2. The number of imide groups is 1. The number of nitrogens with zero attached hydrogens (tertiary/aromatic N) is 1. The predicted molar refractivity (Wildman–Crippen MR) is 148 cm³/mol. The van der Waals surface area contributed by atoms with Crippen molar-refractivity contribution in [1.82, 2.24) is 0 Å². The highest BCUT2D eigenvalue weighted by molar-refractivity contribution is 8.04. The minimum atomic E-state index is -0.480. The van der Waals surface area contributed by atoms with Crippen molar-refractivity contribution in [3.8, 4) is 0 Å². The fourth-order valence-electron chi connectivity index (χ4n) is 3.69. The number of ether oxygens (including phenoxy) is 1. The molecule has 190 valence electrons. The number of thioether (sulfide) groups is 1. The summed E-state index contributed by atoms with van der Waals surface area (Å²) in [5.74, 6) is -1.03. The van der Waals surface area contributed by atoms with E-state index in [0.717, 1.165) is 9.80 Å². The molecule has 8 heteroatoms. The van der Waals surface area contributed by atoms with Gasteiger partial charge < -0.3 is 10.1 Å². The van der Waals surface area contributed by atoms with Crippen LogP contribution in [-0.2, 0) is 14.3 Å². The Bertz CT molecular complexity index is 1350. The van der Waals surface area contributed by atoms with Gasteiger partial charge in [0.05, 0.1) is 17.4 Å². The summed E-state index contributed by atoms with van der Waals surface area (Å²) in [6.07, 6.45) is -0.256. The molecular formula is C29H27ClN2O4S. The third kappa shape index (κ3) is 6.06. The summed E-state index contributed by atoms with van der Waals surface area (Å²) < 4.78 is 5.22. The zero-order chi connectivity index (χ0) is 26.7. The van der Waals surface area contributed by atoms with Gasteiger partial charge in [-0.05, 0) is 86.0 Å². The third-order valence-electron chi connectivity index (χ3n) is 5.63. The van der Waals surface area contributed by atoms with E-state index in [0.29, 0.717) is 27.9 Å². The normalized spacial score (nSPS) is 13.6. The molecule has 0 saturated heterocycles.